The highest BCUT2D eigenvalue weighted by Gasteiger charge is 2.52. The second-order valence-electron chi connectivity index (χ2n) is 9.22. The molecule has 33 heavy (non-hydrogen) atoms. The molecule has 2 atom stereocenters. The first-order chi connectivity index (χ1) is 15.9. The summed E-state index contributed by atoms with van der Waals surface area (Å²) in [6.07, 6.45) is 5.29. The van der Waals surface area contributed by atoms with Crippen LogP contribution in [0.15, 0.2) is 36.7 Å². The fourth-order valence-corrected chi connectivity index (χ4v) is 6.35. The molecule has 0 unspecified atom stereocenters. The molecule has 1 saturated carbocycles. The zero-order chi connectivity index (χ0) is 22.9. The minimum Gasteiger partial charge on any atom is -0.375 e. The Kier molecular flexibility index (Phi) is 4.52. The maximum atomic E-state index is 14.2. The van der Waals surface area contributed by atoms with Crippen LogP contribution in [0.4, 0.5) is 5.13 Å². The van der Waals surface area contributed by atoms with E-state index in [9.17, 15) is 4.79 Å². The van der Waals surface area contributed by atoms with Gasteiger partial charge in [0.15, 0.2) is 10.8 Å². The average Bonchev–Trinajstić information content (AvgIpc) is 3.42. The van der Waals surface area contributed by atoms with Crippen molar-refractivity contribution in [2.75, 3.05) is 5.73 Å². The molecule has 2 aliphatic heterocycles. The number of thiazole rings is 1. The Hall–Kier alpha value is -3.33. The SMILES string of the molecule is Cc1ccc(-n2nccn2)c(C(=O)N2C3CC(C3)[C@@H](C)[C@H]2c2ccc3sc(N)nc3c2C)n1. The van der Waals surface area contributed by atoms with E-state index in [1.807, 2.05) is 19.1 Å². The zero-order valence-corrected chi connectivity index (χ0v) is 19.6. The summed E-state index contributed by atoms with van der Waals surface area (Å²) in [6.45, 7) is 6.26. The number of hydrogen-bond donors (Lipinski definition) is 1. The van der Waals surface area contributed by atoms with E-state index in [2.05, 4.69) is 51.0 Å². The Bertz CT molecular complexity index is 1370. The van der Waals surface area contributed by atoms with Gasteiger partial charge in [-0.15, -0.1) is 4.80 Å². The lowest BCUT2D eigenvalue weighted by molar-refractivity contribution is -0.0567. The van der Waals surface area contributed by atoms with Crippen LogP contribution in [0.3, 0.4) is 0 Å². The number of carbonyl (C=O) groups excluding carboxylic acids is 1. The van der Waals surface area contributed by atoms with Gasteiger partial charge >= 0.3 is 0 Å². The third-order valence-electron chi connectivity index (χ3n) is 7.36. The summed E-state index contributed by atoms with van der Waals surface area (Å²) in [5.41, 5.74) is 11.0. The average molecular weight is 460 g/mol. The summed E-state index contributed by atoms with van der Waals surface area (Å²) < 4.78 is 1.08. The van der Waals surface area contributed by atoms with Gasteiger partial charge in [0.2, 0.25) is 0 Å². The quantitative estimate of drug-likeness (QED) is 0.495. The molecule has 3 aliphatic rings. The number of nitrogens with two attached hydrogens (primary N) is 1. The van der Waals surface area contributed by atoms with Gasteiger partial charge in [-0.3, -0.25) is 4.79 Å². The molecular formula is C24H25N7OS. The van der Waals surface area contributed by atoms with Crippen molar-refractivity contribution in [1.82, 2.24) is 29.9 Å². The summed E-state index contributed by atoms with van der Waals surface area (Å²) in [4.78, 5) is 27.0. The molecule has 3 fully saturated rings. The highest BCUT2D eigenvalue weighted by Crippen LogP contribution is 2.53. The second kappa shape index (κ2) is 7.34. The predicted molar refractivity (Wildman–Crippen MR) is 127 cm³/mol. The van der Waals surface area contributed by atoms with Crippen LogP contribution in [0.2, 0.25) is 0 Å². The number of aromatic nitrogens is 5. The molecule has 7 rings (SSSR count). The Labute approximate surface area is 195 Å². The largest absolute Gasteiger partial charge is 0.375 e. The van der Waals surface area contributed by atoms with Gasteiger partial charge in [-0.1, -0.05) is 24.3 Å². The molecule has 5 heterocycles. The van der Waals surface area contributed by atoms with Crippen molar-refractivity contribution in [2.24, 2.45) is 11.8 Å². The maximum absolute atomic E-state index is 14.2. The summed E-state index contributed by atoms with van der Waals surface area (Å²) in [5, 5.41) is 9.07. The Morgan fingerprint density at radius 3 is 2.61 bits per heavy atom. The van der Waals surface area contributed by atoms with Crippen LogP contribution in [-0.2, 0) is 0 Å². The van der Waals surface area contributed by atoms with Crippen molar-refractivity contribution < 1.29 is 4.79 Å². The number of piperidine rings is 2. The molecule has 2 saturated heterocycles. The van der Waals surface area contributed by atoms with Gasteiger partial charge in [0.25, 0.3) is 5.91 Å². The van der Waals surface area contributed by atoms with Crippen LogP contribution in [0.25, 0.3) is 15.9 Å². The lowest BCUT2D eigenvalue weighted by atomic mass is 9.63. The van der Waals surface area contributed by atoms with Crippen molar-refractivity contribution in [2.45, 2.75) is 45.7 Å². The first-order valence-corrected chi connectivity index (χ1v) is 12.1. The van der Waals surface area contributed by atoms with E-state index in [1.165, 1.54) is 16.1 Å². The minimum atomic E-state index is -0.0664. The molecule has 1 aliphatic carbocycles. The van der Waals surface area contributed by atoms with Crippen molar-refractivity contribution in [1.29, 1.82) is 0 Å². The molecule has 8 nitrogen and oxygen atoms in total. The molecule has 3 aromatic heterocycles. The molecule has 0 radical (unpaired) electrons. The highest BCUT2D eigenvalue weighted by atomic mass is 32.1. The van der Waals surface area contributed by atoms with E-state index in [0.29, 0.717) is 28.3 Å². The number of aryl methyl sites for hydroxylation is 2. The van der Waals surface area contributed by atoms with Crippen LogP contribution >= 0.6 is 11.3 Å². The highest BCUT2D eigenvalue weighted by molar-refractivity contribution is 7.22. The Balaban J connectivity index is 1.48. The monoisotopic (exact) mass is 459 g/mol. The third kappa shape index (κ3) is 3.06. The van der Waals surface area contributed by atoms with Crippen LogP contribution in [0.5, 0.6) is 0 Å². The lowest BCUT2D eigenvalue weighted by Crippen LogP contribution is -2.59. The topological polar surface area (TPSA) is 103 Å². The van der Waals surface area contributed by atoms with Gasteiger partial charge in [0.1, 0.15) is 5.69 Å². The number of nitrogens with zero attached hydrogens (tertiary/aromatic N) is 6. The summed E-state index contributed by atoms with van der Waals surface area (Å²) in [5.74, 6) is 0.892. The fraction of sp³-hybridized carbons (Fsp3) is 0.375. The number of anilines is 1. The summed E-state index contributed by atoms with van der Waals surface area (Å²) in [7, 11) is 0. The third-order valence-corrected chi connectivity index (χ3v) is 8.21. The number of fused-ring (bicyclic) bond motifs is 3. The van der Waals surface area contributed by atoms with Gasteiger partial charge < -0.3 is 10.6 Å². The number of rotatable bonds is 3. The smallest absolute Gasteiger partial charge is 0.275 e. The van der Waals surface area contributed by atoms with Crippen molar-refractivity contribution in [3.05, 3.63) is 59.2 Å². The molecule has 1 amide bonds. The number of pyridine rings is 1. The number of amides is 1. The second-order valence-corrected chi connectivity index (χ2v) is 10.3. The molecule has 168 valence electrons. The van der Waals surface area contributed by atoms with Crippen LogP contribution in [0.1, 0.15) is 53.1 Å². The Morgan fingerprint density at radius 1 is 1.09 bits per heavy atom. The van der Waals surface area contributed by atoms with Gasteiger partial charge in [-0.05, 0) is 67.9 Å². The normalized spacial score (nSPS) is 24.2. The number of nitrogen functional groups attached to an aromatic ring is 1. The maximum Gasteiger partial charge on any atom is 0.275 e. The van der Waals surface area contributed by atoms with E-state index in [0.717, 1.165) is 39.9 Å². The molecule has 2 bridgehead atoms. The van der Waals surface area contributed by atoms with Crippen LogP contribution in [-0.4, -0.2) is 41.8 Å². The van der Waals surface area contributed by atoms with Gasteiger partial charge in [-0.2, -0.15) is 10.2 Å². The molecule has 2 N–H and O–H groups in total. The molecular weight excluding hydrogens is 434 g/mol. The Morgan fingerprint density at radius 2 is 1.85 bits per heavy atom. The first-order valence-electron chi connectivity index (χ1n) is 11.2. The molecule has 9 heteroatoms. The van der Waals surface area contributed by atoms with E-state index < -0.39 is 0 Å². The van der Waals surface area contributed by atoms with Crippen molar-refractivity contribution >= 4 is 32.6 Å². The number of hydrogen-bond acceptors (Lipinski definition) is 7. The van der Waals surface area contributed by atoms with E-state index in [1.54, 1.807) is 12.4 Å². The van der Waals surface area contributed by atoms with Crippen molar-refractivity contribution in [3.8, 4) is 5.69 Å². The predicted octanol–water partition coefficient (Wildman–Crippen LogP) is 4.08. The minimum absolute atomic E-state index is 0.0388. The zero-order valence-electron chi connectivity index (χ0n) is 18.8. The van der Waals surface area contributed by atoms with E-state index in [-0.39, 0.29) is 18.0 Å². The fourth-order valence-electron chi connectivity index (χ4n) is 5.56. The van der Waals surface area contributed by atoms with E-state index >= 15 is 0 Å². The van der Waals surface area contributed by atoms with Crippen LogP contribution in [0, 0.1) is 25.7 Å². The molecule has 0 spiro atoms. The lowest BCUT2D eigenvalue weighted by Gasteiger charge is -2.57. The summed E-state index contributed by atoms with van der Waals surface area (Å²) in [6, 6.07) is 8.17. The van der Waals surface area contributed by atoms with Gasteiger partial charge in [0.05, 0.1) is 28.7 Å². The molecule has 1 aromatic carbocycles. The van der Waals surface area contributed by atoms with E-state index in [4.69, 9.17) is 5.73 Å². The number of carbonyl (C=O) groups is 1. The van der Waals surface area contributed by atoms with Crippen molar-refractivity contribution in [3.63, 3.8) is 0 Å². The van der Waals surface area contributed by atoms with Crippen LogP contribution < -0.4 is 5.73 Å². The number of benzene rings is 1. The van der Waals surface area contributed by atoms with Gasteiger partial charge in [-0.25, -0.2) is 9.97 Å². The molecule has 4 aromatic rings. The standard InChI is InChI=1S/C24H25N7OS/c1-12-4-6-18(31-26-8-9-27-31)21(28-12)23(32)30-16-10-15(11-16)13(2)22(30)17-5-7-19-20(14(17)3)29-24(25)33-19/h4-9,13,15-16,22H,10-11H2,1-3H3,(H2,25,29)/t13-,15?,16?,22+/m1/s1. The summed E-state index contributed by atoms with van der Waals surface area (Å²) >= 11 is 1.50. The first kappa shape index (κ1) is 20.3. The van der Waals surface area contributed by atoms with Gasteiger partial charge in [0, 0.05) is 11.7 Å².